The summed E-state index contributed by atoms with van der Waals surface area (Å²) in [5.41, 5.74) is 2.12. The van der Waals surface area contributed by atoms with Crippen molar-refractivity contribution in [2.45, 2.75) is 13.0 Å². The number of nitrogens with zero attached hydrogens (tertiary/aromatic N) is 1. The lowest BCUT2D eigenvalue weighted by Gasteiger charge is -2.16. The first-order valence-electron chi connectivity index (χ1n) is 5.29. The average molecular weight is 312 g/mol. The minimum Gasteiger partial charge on any atom is -0.376 e. The van der Waals surface area contributed by atoms with Gasteiger partial charge in [0.1, 0.15) is 4.60 Å². The van der Waals surface area contributed by atoms with Gasteiger partial charge in [-0.3, -0.25) is 0 Å². The second-order valence-electron chi connectivity index (χ2n) is 3.76. The summed E-state index contributed by atoms with van der Waals surface area (Å²) in [6, 6.07) is 11.9. The first-order chi connectivity index (χ1) is 8.16. The van der Waals surface area contributed by atoms with E-state index in [0.717, 1.165) is 20.9 Å². The van der Waals surface area contributed by atoms with Crippen molar-refractivity contribution in [2.24, 2.45) is 0 Å². The Morgan fingerprint density at radius 3 is 2.82 bits per heavy atom. The zero-order chi connectivity index (χ0) is 12.3. The minimum absolute atomic E-state index is 0.175. The molecule has 1 aromatic heterocycles. The van der Waals surface area contributed by atoms with Crippen molar-refractivity contribution in [2.75, 3.05) is 5.32 Å². The van der Waals surface area contributed by atoms with E-state index in [1.807, 2.05) is 36.4 Å². The Bertz CT molecular complexity index is 516. The van der Waals surface area contributed by atoms with Crippen molar-refractivity contribution in [1.29, 1.82) is 0 Å². The standard InChI is InChI=1S/C13H12BrClN2/c1-9(10-4-2-5-11(15)8-10)17-12-6-3-7-16-13(12)14/h2-9,17H,1H3. The first-order valence-corrected chi connectivity index (χ1v) is 6.46. The third kappa shape index (κ3) is 3.20. The Morgan fingerprint density at radius 1 is 1.29 bits per heavy atom. The van der Waals surface area contributed by atoms with Crippen LogP contribution in [0.3, 0.4) is 0 Å². The number of aromatic nitrogens is 1. The van der Waals surface area contributed by atoms with Gasteiger partial charge >= 0.3 is 0 Å². The van der Waals surface area contributed by atoms with Crippen molar-refractivity contribution in [1.82, 2.24) is 4.98 Å². The van der Waals surface area contributed by atoms with E-state index >= 15 is 0 Å². The zero-order valence-electron chi connectivity index (χ0n) is 9.32. The van der Waals surface area contributed by atoms with Crippen molar-refractivity contribution < 1.29 is 0 Å². The predicted molar refractivity (Wildman–Crippen MR) is 75.4 cm³/mol. The van der Waals surface area contributed by atoms with E-state index in [9.17, 15) is 0 Å². The normalized spacial score (nSPS) is 12.2. The molecule has 0 saturated heterocycles. The largest absolute Gasteiger partial charge is 0.376 e. The number of anilines is 1. The molecule has 0 radical (unpaired) electrons. The quantitative estimate of drug-likeness (QED) is 0.833. The van der Waals surface area contributed by atoms with Crippen LogP contribution in [0.1, 0.15) is 18.5 Å². The number of nitrogens with one attached hydrogen (secondary N) is 1. The molecule has 1 unspecified atom stereocenters. The highest BCUT2D eigenvalue weighted by atomic mass is 79.9. The maximum absolute atomic E-state index is 5.97. The van der Waals surface area contributed by atoms with Gasteiger partial charge in [-0.05, 0) is 52.7 Å². The van der Waals surface area contributed by atoms with Gasteiger partial charge in [0.2, 0.25) is 0 Å². The van der Waals surface area contributed by atoms with E-state index in [0.29, 0.717) is 0 Å². The SMILES string of the molecule is CC(Nc1cccnc1Br)c1cccc(Cl)c1. The summed E-state index contributed by atoms with van der Waals surface area (Å²) in [4.78, 5) is 4.17. The van der Waals surface area contributed by atoms with Crippen LogP contribution in [-0.2, 0) is 0 Å². The molecular formula is C13H12BrClN2. The molecule has 0 fully saturated rings. The van der Waals surface area contributed by atoms with Crippen molar-refractivity contribution in [3.63, 3.8) is 0 Å². The highest BCUT2D eigenvalue weighted by Crippen LogP contribution is 2.25. The van der Waals surface area contributed by atoms with Gasteiger partial charge in [-0.1, -0.05) is 23.7 Å². The van der Waals surface area contributed by atoms with E-state index in [-0.39, 0.29) is 6.04 Å². The Kier molecular flexibility index (Phi) is 4.02. The fraction of sp³-hybridized carbons (Fsp3) is 0.154. The molecule has 2 aromatic rings. The fourth-order valence-electron chi connectivity index (χ4n) is 1.59. The van der Waals surface area contributed by atoms with Gasteiger partial charge in [0.25, 0.3) is 0 Å². The molecule has 1 aromatic carbocycles. The minimum atomic E-state index is 0.175. The highest BCUT2D eigenvalue weighted by molar-refractivity contribution is 9.10. The summed E-state index contributed by atoms with van der Waals surface area (Å²) < 4.78 is 0.814. The third-order valence-electron chi connectivity index (χ3n) is 2.48. The van der Waals surface area contributed by atoms with Gasteiger partial charge in [-0.2, -0.15) is 0 Å². The predicted octanol–water partition coefficient (Wildman–Crippen LogP) is 4.67. The molecule has 0 aliphatic heterocycles. The molecule has 0 spiro atoms. The van der Waals surface area contributed by atoms with Crippen LogP contribution in [0.4, 0.5) is 5.69 Å². The summed E-state index contributed by atoms with van der Waals surface area (Å²) in [6.07, 6.45) is 1.75. The lowest BCUT2D eigenvalue weighted by Crippen LogP contribution is -2.07. The average Bonchev–Trinajstić information content (AvgIpc) is 2.32. The molecule has 1 heterocycles. The van der Waals surface area contributed by atoms with E-state index in [1.165, 1.54) is 0 Å². The lowest BCUT2D eigenvalue weighted by atomic mass is 10.1. The number of rotatable bonds is 3. The molecule has 0 aliphatic rings. The van der Waals surface area contributed by atoms with Gasteiger partial charge in [-0.15, -0.1) is 0 Å². The van der Waals surface area contributed by atoms with E-state index in [4.69, 9.17) is 11.6 Å². The Morgan fingerprint density at radius 2 is 2.12 bits per heavy atom. The molecule has 17 heavy (non-hydrogen) atoms. The van der Waals surface area contributed by atoms with Crippen LogP contribution in [0.5, 0.6) is 0 Å². The molecular weight excluding hydrogens is 300 g/mol. The molecule has 0 bridgehead atoms. The number of hydrogen-bond acceptors (Lipinski definition) is 2. The molecule has 1 N–H and O–H groups in total. The lowest BCUT2D eigenvalue weighted by molar-refractivity contribution is 0.881. The van der Waals surface area contributed by atoms with E-state index in [2.05, 4.69) is 33.2 Å². The number of benzene rings is 1. The summed E-state index contributed by atoms with van der Waals surface area (Å²) in [5, 5.41) is 4.14. The number of hydrogen-bond donors (Lipinski definition) is 1. The molecule has 4 heteroatoms. The highest BCUT2D eigenvalue weighted by Gasteiger charge is 2.07. The van der Waals surface area contributed by atoms with Crippen molar-refractivity contribution in [3.05, 3.63) is 57.8 Å². The maximum Gasteiger partial charge on any atom is 0.129 e. The van der Waals surface area contributed by atoms with Crippen molar-refractivity contribution >= 4 is 33.2 Å². The summed E-state index contributed by atoms with van der Waals surface area (Å²) in [6.45, 7) is 2.09. The molecule has 2 rings (SSSR count). The smallest absolute Gasteiger partial charge is 0.129 e. The van der Waals surface area contributed by atoms with Gasteiger partial charge in [0.05, 0.1) is 5.69 Å². The van der Waals surface area contributed by atoms with Crippen LogP contribution in [0.25, 0.3) is 0 Å². The van der Waals surface area contributed by atoms with Crippen LogP contribution < -0.4 is 5.32 Å². The van der Waals surface area contributed by atoms with Gasteiger partial charge in [-0.25, -0.2) is 4.98 Å². The molecule has 2 nitrogen and oxygen atoms in total. The Labute approximate surface area is 114 Å². The number of pyridine rings is 1. The second-order valence-corrected chi connectivity index (χ2v) is 4.95. The van der Waals surface area contributed by atoms with Gasteiger partial charge in [0, 0.05) is 17.3 Å². The molecule has 0 amide bonds. The molecule has 1 atom stereocenters. The van der Waals surface area contributed by atoms with Gasteiger partial charge in [0.15, 0.2) is 0 Å². The van der Waals surface area contributed by atoms with Crippen molar-refractivity contribution in [3.8, 4) is 0 Å². The van der Waals surface area contributed by atoms with Gasteiger partial charge < -0.3 is 5.32 Å². The van der Waals surface area contributed by atoms with E-state index < -0.39 is 0 Å². The molecule has 88 valence electrons. The first kappa shape index (κ1) is 12.4. The fourth-order valence-corrected chi connectivity index (χ4v) is 2.15. The second kappa shape index (κ2) is 5.52. The van der Waals surface area contributed by atoms with Crippen LogP contribution >= 0.6 is 27.5 Å². The molecule has 0 saturated carbocycles. The summed E-state index contributed by atoms with van der Waals surface area (Å²) in [5.74, 6) is 0. The Balaban J connectivity index is 2.17. The van der Waals surface area contributed by atoms with Crippen LogP contribution in [0.2, 0.25) is 5.02 Å². The van der Waals surface area contributed by atoms with Crippen LogP contribution in [-0.4, -0.2) is 4.98 Å². The maximum atomic E-state index is 5.97. The summed E-state index contributed by atoms with van der Waals surface area (Å²) >= 11 is 9.39. The van der Waals surface area contributed by atoms with Crippen LogP contribution in [0, 0.1) is 0 Å². The molecule has 0 aliphatic carbocycles. The summed E-state index contributed by atoms with van der Waals surface area (Å²) in [7, 11) is 0. The topological polar surface area (TPSA) is 24.9 Å². The Hall–Kier alpha value is -1.06. The third-order valence-corrected chi connectivity index (χ3v) is 3.35. The zero-order valence-corrected chi connectivity index (χ0v) is 11.7. The van der Waals surface area contributed by atoms with E-state index in [1.54, 1.807) is 6.20 Å². The monoisotopic (exact) mass is 310 g/mol. The van der Waals surface area contributed by atoms with Crippen LogP contribution in [0.15, 0.2) is 47.2 Å². The number of halogens is 2.